The second-order valence-corrected chi connectivity index (χ2v) is 5.10. The maximum absolute atomic E-state index is 13.5. The third kappa shape index (κ3) is 3.52. The Morgan fingerprint density at radius 2 is 2.14 bits per heavy atom. The SMILES string of the molecule is CCOC(=O)c1cccc(Nc2ccc(Br)c(F)c2)c1N. The molecule has 0 heterocycles. The minimum atomic E-state index is -0.486. The number of esters is 1. The summed E-state index contributed by atoms with van der Waals surface area (Å²) in [7, 11) is 0. The van der Waals surface area contributed by atoms with Crippen molar-refractivity contribution in [2.45, 2.75) is 6.92 Å². The first-order valence-electron chi connectivity index (χ1n) is 6.30. The van der Waals surface area contributed by atoms with Gasteiger partial charge in [0.2, 0.25) is 0 Å². The number of halogens is 2. The summed E-state index contributed by atoms with van der Waals surface area (Å²) >= 11 is 3.09. The highest BCUT2D eigenvalue weighted by Crippen LogP contribution is 2.28. The highest BCUT2D eigenvalue weighted by molar-refractivity contribution is 9.10. The lowest BCUT2D eigenvalue weighted by molar-refractivity contribution is 0.0527. The maximum atomic E-state index is 13.5. The molecule has 110 valence electrons. The standard InChI is InChI=1S/C15H14BrFN2O2/c1-2-21-15(20)10-4-3-5-13(14(10)18)19-9-6-7-11(16)12(17)8-9/h3-8,19H,2,18H2,1H3. The Morgan fingerprint density at radius 3 is 2.81 bits per heavy atom. The van der Waals surface area contributed by atoms with Crippen molar-refractivity contribution in [3.8, 4) is 0 Å². The Morgan fingerprint density at radius 1 is 1.38 bits per heavy atom. The van der Waals surface area contributed by atoms with E-state index in [-0.39, 0.29) is 23.7 Å². The number of para-hydroxylation sites is 1. The first kappa shape index (κ1) is 15.3. The number of anilines is 3. The van der Waals surface area contributed by atoms with Gasteiger partial charge in [-0.1, -0.05) is 6.07 Å². The zero-order chi connectivity index (χ0) is 15.4. The molecule has 0 saturated heterocycles. The minimum Gasteiger partial charge on any atom is -0.462 e. The largest absolute Gasteiger partial charge is 0.462 e. The van der Waals surface area contributed by atoms with Crippen molar-refractivity contribution in [2.75, 3.05) is 17.7 Å². The van der Waals surface area contributed by atoms with Gasteiger partial charge in [0.05, 0.1) is 28.0 Å². The predicted octanol–water partition coefficient (Wildman–Crippen LogP) is 4.09. The van der Waals surface area contributed by atoms with Crippen LogP contribution in [0.15, 0.2) is 40.9 Å². The summed E-state index contributed by atoms with van der Waals surface area (Å²) in [6.07, 6.45) is 0. The molecule has 0 fully saturated rings. The second-order valence-electron chi connectivity index (χ2n) is 4.24. The molecule has 0 aromatic heterocycles. The molecule has 4 nitrogen and oxygen atoms in total. The first-order chi connectivity index (χ1) is 10.0. The van der Waals surface area contributed by atoms with E-state index in [0.29, 0.717) is 15.8 Å². The fourth-order valence-electron chi connectivity index (χ4n) is 1.79. The van der Waals surface area contributed by atoms with E-state index in [0.717, 1.165) is 0 Å². The van der Waals surface area contributed by atoms with Crippen molar-refractivity contribution in [1.82, 2.24) is 0 Å². The molecule has 6 heteroatoms. The average molecular weight is 353 g/mol. The lowest BCUT2D eigenvalue weighted by atomic mass is 10.1. The topological polar surface area (TPSA) is 64.3 Å². The zero-order valence-electron chi connectivity index (χ0n) is 11.3. The van der Waals surface area contributed by atoms with Crippen LogP contribution in [0.1, 0.15) is 17.3 Å². The van der Waals surface area contributed by atoms with E-state index >= 15 is 0 Å². The minimum absolute atomic E-state index is 0.263. The summed E-state index contributed by atoms with van der Waals surface area (Å²) in [5, 5.41) is 2.98. The van der Waals surface area contributed by atoms with Crippen molar-refractivity contribution >= 4 is 39.0 Å². The van der Waals surface area contributed by atoms with Gasteiger partial charge in [0.25, 0.3) is 0 Å². The first-order valence-corrected chi connectivity index (χ1v) is 7.10. The van der Waals surface area contributed by atoms with Gasteiger partial charge in [-0.05, 0) is 53.2 Å². The van der Waals surface area contributed by atoms with Crippen LogP contribution in [0.2, 0.25) is 0 Å². The van der Waals surface area contributed by atoms with Crippen LogP contribution in [0, 0.1) is 5.82 Å². The molecule has 2 aromatic rings. The summed E-state index contributed by atoms with van der Waals surface area (Å²) in [4.78, 5) is 11.8. The Labute approximate surface area is 130 Å². The molecule has 3 N–H and O–H groups in total. The van der Waals surface area contributed by atoms with E-state index in [1.165, 1.54) is 6.07 Å². The van der Waals surface area contributed by atoms with Gasteiger partial charge in [-0.25, -0.2) is 9.18 Å². The van der Waals surface area contributed by atoms with Crippen LogP contribution in [0.5, 0.6) is 0 Å². The Balaban J connectivity index is 2.30. The third-order valence-corrected chi connectivity index (χ3v) is 3.44. The van der Waals surface area contributed by atoms with Crippen LogP contribution in [0.4, 0.5) is 21.5 Å². The van der Waals surface area contributed by atoms with Crippen molar-refractivity contribution in [2.24, 2.45) is 0 Å². The summed E-state index contributed by atoms with van der Waals surface area (Å²) < 4.78 is 18.8. The molecule has 0 atom stereocenters. The zero-order valence-corrected chi connectivity index (χ0v) is 12.9. The van der Waals surface area contributed by atoms with E-state index < -0.39 is 5.97 Å². The number of rotatable bonds is 4. The second kappa shape index (κ2) is 6.58. The summed E-state index contributed by atoms with van der Waals surface area (Å²) in [6, 6.07) is 9.59. The molecule has 21 heavy (non-hydrogen) atoms. The normalized spacial score (nSPS) is 10.2. The van der Waals surface area contributed by atoms with Gasteiger partial charge in [-0.3, -0.25) is 0 Å². The van der Waals surface area contributed by atoms with Gasteiger partial charge >= 0.3 is 5.97 Å². The molecule has 0 unspecified atom stereocenters. The van der Waals surface area contributed by atoms with Gasteiger partial charge < -0.3 is 15.8 Å². The number of hydrogen-bond donors (Lipinski definition) is 2. The number of nitrogen functional groups attached to an aromatic ring is 1. The Hall–Kier alpha value is -2.08. The number of nitrogens with one attached hydrogen (secondary N) is 1. The molecular weight excluding hydrogens is 339 g/mol. The van der Waals surface area contributed by atoms with Gasteiger partial charge in [0.15, 0.2) is 0 Å². The van der Waals surface area contributed by atoms with E-state index in [4.69, 9.17) is 10.5 Å². The van der Waals surface area contributed by atoms with Crippen LogP contribution < -0.4 is 11.1 Å². The van der Waals surface area contributed by atoms with Crippen molar-refractivity contribution in [1.29, 1.82) is 0 Å². The highest BCUT2D eigenvalue weighted by atomic mass is 79.9. The summed E-state index contributed by atoms with van der Waals surface area (Å²) in [5.41, 5.74) is 7.55. The molecule has 0 bridgehead atoms. The fourth-order valence-corrected chi connectivity index (χ4v) is 2.04. The molecule has 2 rings (SSSR count). The quantitative estimate of drug-likeness (QED) is 0.642. The monoisotopic (exact) mass is 352 g/mol. The number of carbonyl (C=O) groups excluding carboxylic acids is 1. The Kier molecular flexibility index (Phi) is 4.80. The van der Waals surface area contributed by atoms with Crippen molar-refractivity contribution in [3.63, 3.8) is 0 Å². The molecular formula is C15H14BrFN2O2. The molecule has 0 saturated carbocycles. The van der Waals surface area contributed by atoms with Crippen LogP contribution >= 0.6 is 15.9 Å². The average Bonchev–Trinajstić information content (AvgIpc) is 2.45. The van der Waals surface area contributed by atoms with Gasteiger partial charge in [-0.2, -0.15) is 0 Å². The predicted molar refractivity (Wildman–Crippen MR) is 84.2 cm³/mol. The molecule has 0 aliphatic heterocycles. The van der Waals surface area contributed by atoms with Gasteiger partial charge in [0, 0.05) is 5.69 Å². The fraction of sp³-hybridized carbons (Fsp3) is 0.133. The van der Waals surface area contributed by atoms with E-state index in [9.17, 15) is 9.18 Å². The van der Waals surface area contributed by atoms with Crippen LogP contribution in [-0.2, 0) is 4.74 Å². The molecule has 0 aliphatic rings. The number of ether oxygens (including phenoxy) is 1. The lowest BCUT2D eigenvalue weighted by Gasteiger charge is -2.12. The molecule has 0 radical (unpaired) electrons. The van der Waals surface area contributed by atoms with E-state index in [1.54, 1.807) is 37.3 Å². The highest BCUT2D eigenvalue weighted by Gasteiger charge is 2.13. The molecule has 0 aliphatic carbocycles. The van der Waals surface area contributed by atoms with E-state index in [1.807, 2.05) is 0 Å². The van der Waals surface area contributed by atoms with E-state index in [2.05, 4.69) is 21.2 Å². The smallest absolute Gasteiger partial charge is 0.340 e. The van der Waals surface area contributed by atoms with Crippen molar-refractivity contribution < 1.29 is 13.9 Å². The number of carbonyl (C=O) groups is 1. The molecule has 0 spiro atoms. The van der Waals surface area contributed by atoms with Crippen LogP contribution in [0.3, 0.4) is 0 Å². The number of nitrogens with two attached hydrogens (primary N) is 1. The van der Waals surface area contributed by atoms with Gasteiger partial charge in [-0.15, -0.1) is 0 Å². The summed E-state index contributed by atoms with van der Waals surface area (Å²) in [5.74, 6) is -0.874. The number of hydrogen-bond acceptors (Lipinski definition) is 4. The van der Waals surface area contributed by atoms with Gasteiger partial charge in [0.1, 0.15) is 5.82 Å². The van der Waals surface area contributed by atoms with Crippen LogP contribution in [-0.4, -0.2) is 12.6 Å². The summed E-state index contributed by atoms with van der Waals surface area (Å²) in [6.45, 7) is 1.99. The number of benzene rings is 2. The maximum Gasteiger partial charge on any atom is 0.340 e. The lowest BCUT2D eigenvalue weighted by Crippen LogP contribution is -2.09. The van der Waals surface area contributed by atoms with Crippen LogP contribution in [0.25, 0.3) is 0 Å². The Bertz CT molecular complexity index is 677. The van der Waals surface area contributed by atoms with Crippen molar-refractivity contribution in [3.05, 3.63) is 52.3 Å². The molecule has 0 amide bonds. The third-order valence-electron chi connectivity index (χ3n) is 2.80. The molecule has 2 aromatic carbocycles.